The fraction of sp³-hybridized carbons (Fsp3) is 0. The Hall–Kier alpha value is -1.81. The van der Waals surface area contributed by atoms with E-state index in [0.717, 1.165) is 10.2 Å². The van der Waals surface area contributed by atoms with Gasteiger partial charge in [-0.3, -0.25) is 4.79 Å². The van der Waals surface area contributed by atoms with Crippen molar-refractivity contribution in [2.75, 3.05) is 0 Å². The van der Waals surface area contributed by atoms with E-state index in [4.69, 9.17) is 10.5 Å². The molecule has 17 heavy (non-hydrogen) atoms. The molecule has 0 aromatic heterocycles. The van der Waals surface area contributed by atoms with Crippen molar-refractivity contribution in [3.8, 4) is 11.5 Å². The van der Waals surface area contributed by atoms with E-state index >= 15 is 0 Å². The highest BCUT2D eigenvalue weighted by atomic mass is 79.9. The van der Waals surface area contributed by atoms with E-state index in [1.165, 1.54) is 0 Å². The lowest BCUT2D eigenvalue weighted by Crippen LogP contribution is -2.10. The lowest BCUT2D eigenvalue weighted by Gasteiger charge is -2.07. The van der Waals surface area contributed by atoms with E-state index in [-0.39, 0.29) is 0 Å². The van der Waals surface area contributed by atoms with Crippen molar-refractivity contribution in [1.29, 1.82) is 0 Å². The highest BCUT2D eigenvalue weighted by Crippen LogP contribution is 2.29. The van der Waals surface area contributed by atoms with Gasteiger partial charge in [0.15, 0.2) is 0 Å². The van der Waals surface area contributed by atoms with Crippen LogP contribution in [0.1, 0.15) is 10.4 Å². The second-order valence-corrected chi connectivity index (χ2v) is 4.28. The summed E-state index contributed by atoms with van der Waals surface area (Å²) in [5, 5.41) is 0. The largest absolute Gasteiger partial charge is 0.456 e. The number of nitrogens with two attached hydrogens (primary N) is 1. The van der Waals surface area contributed by atoms with Crippen LogP contribution in [0.15, 0.2) is 53.0 Å². The topological polar surface area (TPSA) is 52.3 Å². The van der Waals surface area contributed by atoms with E-state index in [2.05, 4.69) is 15.9 Å². The summed E-state index contributed by atoms with van der Waals surface area (Å²) in [6.45, 7) is 0. The van der Waals surface area contributed by atoms with Crippen LogP contribution >= 0.6 is 15.9 Å². The van der Waals surface area contributed by atoms with Gasteiger partial charge in [-0.25, -0.2) is 0 Å². The van der Waals surface area contributed by atoms with E-state index in [9.17, 15) is 4.79 Å². The molecular weight excluding hydrogens is 282 g/mol. The molecule has 2 aromatic carbocycles. The van der Waals surface area contributed by atoms with Crippen LogP contribution in [-0.2, 0) is 0 Å². The lowest BCUT2D eigenvalue weighted by molar-refractivity contribution is 0.100. The van der Waals surface area contributed by atoms with Gasteiger partial charge in [0.05, 0.1) is 4.47 Å². The number of primary amides is 1. The number of hydrogen-bond donors (Lipinski definition) is 1. The third-order valence-electron chi connectivity index (χ3n) is 2.20. The minimum absolute atomic E-state index is 0.447. The zero-order chi connectivity index (χ0) is 12.3. The molecule has 0 spiro atoms. The third kappa shape index (κ3) is 2.85. The Kier molecular flexibility index (Phi) is 3.44. The molecule has 0 saturated heterocycles. The molecule has 0 heterocycles. The molecule has 2 N–H and O–H groups in total. The number of amides is 1. The van der Waals surface area contributed by atoms with Crippen molar-refractivity contribution in [3.05, 3.63) is 58.6 Å². The Bertz CT molecular complexity index is 537. The van der Waals surface area contributed by atoms with Crippen LogP contribution in [0, 0.1) is 0 Å². The Balaban J connectivity index is 2.20. The monoisotopic (exact) mass is 291 g/mol. The molecule has 2 aromatic rings. The van der Waals surface area contributed by atoms with Gasteiger partial charge < -0.3 is 10.5 Å². The van der Waals surface area contributed by atoms with Crippen LogP contribution in [0.4, 0.5) is 0 Å². The fourth-order valence-corrected chi connectivity index (χ4v) is 1.71. The van der Waals surface area contributed by atoms with Crippen LogP contribution in [-0.4, -0.2) is 5.91 Å². The van der Waals surface area contributed by atoms with Crippen LogP contribution in [0.5, 0.6) is 11.5 Å². The number of carbonyl (C=O) groups is 1. The van der Waals surface area contributed by atoms with E-state index in [1.807, 2.05) is 24.3 Å². The number of para-hydroxylation sites is 1. The number of ether oxygens (including phenoxy) is 1. The Morgan fingerprint density at radius 1 is 1.06 bits per heavy atom. The molecule has 3 nitrogen and oxygen atoms in total. The van der Waals surface area contributed by atoms with Gasteiger partial charge in [-0.2, -0.15) is 0 Å². The van der Waals surface area contributed by atoms with Crippen LogP contribution < -0.4 is 10.5 Å². The average molecular weight is 292 g/mol. The molecule has 0 fully saturated rings. The molecule has 0 unspecified atom stereocenters. The van der Waals surface area contributed by atoms with Gasteiger partial charge in [-0.1, -0.05) is 12.1 Å². The predicted octanol–water partition coefficient (Wildman–Crippen LogP) is 3.34. The number of rotatable bonds is 3. The standard InChI is InChI=1S/C13H10BrNO2/c14-11-3-1-2-4-12(11)17-10-7-5-9(6-8-10)13(15)16/h1-8H,(H2,15,16). The SMILES string of the molecule is NC(=O)c1ccc(Oc2ccccc2Br)cc1. The predicted molar refractivity (Wildman–Crippen MR) is 69.2 cm³/mol. The summed E-state index contributed by atoms with van der Waals surface area (Å²) >= 11 is 3.39. The molecule has 1 amide bonds. The summed E-state index contributed by atoms with van der Waals surface area (Å²) in [6, 6.07) is 14.2. The quantitative estimate of drug-likeness (QED) is 0.943. The van der Waals surface area contributed by atoms with Crippen molar-refractivity contribution >= 4 is 21.8 Å². The molecule has 0 radical (unpaired) electrons. The van der Waals surface area contributed by atoms with Crippen molar-refractivity contribution in [2.24, 2.45) is 5.73 Å². The van der Waals surface area contributed by atoms with Gasteiger partial charge in [0.25, 0.3) is 0 Å². The maximum atomic E-state index is 10.9. The Morgan fingerprint density at radius 2 is 1.71 bits per heavy atom. The summed E-state index contributed by atoms with van der Waals surface area (Å²) in [6.07, 6.45) is 0. The normalized spacial score (nSPS) is 9.94. The van der Waals surface area contributed by atoms with Crippen LogP contribution in [0.25, 0.3) is 0 Å². The highest BCUT2D eigenvalue weighted by Gasteiger charge is 2.03. The number of hydrogen-bond acceptors (Lipinski definition) is 2. The van der Waals surface area contributed by atoms with Gasteiger partial charge in [0.1, 0.15) is 11.5 Å². The lowest BCUT2D eigenvalue weighted by atomic mass is 10.2. The van der Waals surface area contributed by atoms with Crippen molar-refractivity contribution in [3.63, 3.8) is 0 Å². The molecule has 4 heteroatoms. The Labute approximate surface area is 107 Å². The number of halogens is 1. The summed E-state index contributed by atoms with van der Waals surface area (Å²) in [5.41, 5.74) is 5.62. The minimum Gasteiger partial charge on any atom is -0.456 e. The first-order chi connectivity index (χ1) is 8.16. The molecule has 0 aliphatic heterocycles. The van der Waals surface area contributed by atoms with Gasteiger partial charge in [-0.05, 0) is 52.3 Å². The Morgan fingerprint density at radius 3 is 2.29 bits per heavy atom. The molecule has 0 aliphatic carbocycles. The van der Waals surface area contributed by atoms with E-state index in [1.54, 1.807) is 24.3 Å². The molecule has 0 saturated carbocycles. The highest BCUT2D eigenvalue weighted by molar-refractivity contribution is 9.10. The smallest absolute Gasteiger partial charge is 0.248 e. The number of carbonyl (C=O) groups excluding carboxylic acids is 1. The van der Waals surface area contributed by atoms with Crippen molar-refractivity contribution in [2.45, 2.75) is 0 Å². The zero-order valence-electron chi connectivity index (χ0n) is 8.89. The molecule has 0 atom stereocenters. The maximum Gasteiger partial charge on any atom is 0.248 e. The molecule has 0 aliphatic rings. The van der Waals surface area contributed by atoms with Gasteiger partial charge in [0.2, 0.25) is 5.91 Å². The molecule has 0 bridgehead atoms. The number of benzene rings is 2. The van der Waals surface area contributed by atoms with E-state index < -0.39 is 5.91 Å². The first-order valence-corrected chi connectivity index (χ1v) is 5.78. The first-order valence-electron chi connectivity index (χ1n) is 4.99. The zero-order valence-corrected chi connectivity index (χ0v) is 10.5. The summed E-state index contributed by atoms with van der Waals surface area (Å²) < 4.78 is 6.52. The average Bonchev–Trinajstić information content (AvgIpc) is 2.33. The van der Waals surface area contributed by atoms with Crippen molar-refractivity contribution in [1.82, 2.24) is 0 Å². The molecular formula is C13H10BrNO2. The van der Waals surface area contributed by atoms with Gasteiger partial charge >= 0.3 is 0 Å². The maximum absolute atomic E-state index is 10.9. The third-order valence-corrected chi connectivity index (χ3v) is 2.86. The fourth-order valence-electron chi connectivity index (χ4n) is 1.34. The minimum atomic E-state index is -0.447. The second kappa shape index (κ2) is 5.01. The first kappa shape index (κ1) is 11.7. The molecule has 86 valence electrons. The summed E-state index contributed by atoms with van der Waals surface area (Å²) in [5.74, 6) is 0.929. The summed E-state index contributed by atoms with van der Waals surface area (Å²) in [4.78, 5) is 10.9. The van der Waals surface area contributed by atoms with Gasteiger partial charge in [-0.15, -0.1) is 0 Å². The van der Waals surface area contributed by atoms with Crippen molar-refractivity contribution < 1.29 is 9.53 Å². The van der Waals surface area contributed by atoms with Crippen LogP contribution in [0.3, 0.4) is 0 Å². The van der Waals surface area contributed by atoms with Crippen LogP contribution in [0.2, 0.25) is 0 Å². The summed E-state index contributed by atoms with van der Waals surface area (Å²) in [7, 11) is 0. The molecule has 2 rings (SSSR count). The van der Waals surface area contributed by atoms with E-state index in [0.29, 0.717) is 11.3 Å². The van der Waals surface area contributed by atoms with Gasteiger partial charge in [0, 0.05) is 5.56 Å². The second-order valence-electron chi connectivity index (χ2n) is 3.42.